The molecule has 22 heavy (non-hydrogen) atoms. The van der Waals surface area contributed by atoms with Crippen LogP contribution >= 0.6 is 0 Å². The summed E-state index contributed by atoms with van der Waals surface area (Å²) in [6, 6.07) is -0.958. The molecule has 4 heteroatoms. The molecular formula is C18H35NO3. The molecule has 0 radical (unpaired) electrons. The van der Waals surface area contributed by atoms with Crippen molar-refractivity contribution in [3.05, 3.63) is 10.1 Å². The maximum absolute atomic E-state index is 11.9. The van der Waals surface area contributed by atoms with Crippen molar-refractivity contribution in [1.29, 1.82) is 0 Å². The summed E-state index contributed by atoms with van der Waals surface area (Å²) in [5, 5.41) is 11.0. The molecule has 0 rings (SSSR count). The molecule has 1 unspecified atom stereocenters. The lowest BCUT2D eigenvalue weighted by atomic mass is 10.00. The number of carbonyl (C=O) groups is 1. The maximum Gasteiger partial charge on any atom is 0.270 e. The third-order valence-electron chi connectivity index (χ3n) is 4.23. The Morgan fingerprint density at radius 1 is 0.818 bits per heavy atom. The van der Waals surface area contributed by atoms with Crippen LogP contribution in [0.15, 0.2) is 0 Å². The van der Waals surface area contributed by atoms with Crippen molar-refractivity contribution in [2.75, 3.05) is 0 Å². The van der Waals surface area contributed by atoms with Gasteiger partial charge < -0.3 is 0 Å². The van der Waals surface area contributed by atoms with Gasteiger partial charge in [-0.05, 0) is 12.8 Å². The van der Waals surface area contributed by atoms with Gasteiger partial charge in [0.2, 0.25) is 5.78 Å². The molecule has 0 amide bonds. The minimum absolute atomic E-state index is 0.163. The fraction of sp³-hybridized carbons (Fsp3) is 0.944. The highest BCUT2D eigenvalue weighted by atomic mass is 16.6. The van der Waals surface area contributed by atoms with E-state index in [1.807, 2.05) is 0 Å². The summed E-state index contributed by atoms with van der Waals surface area (Å²) in [6.07, 6.45) is 14.3. The van der Waals surface area contributed by atoms with Crippen LogP contribution in [0.4, 0.5) is 0 Å². The second-order valence-electron chi connectivity index (χ2n) is 6.34. The molecule has 0 bridgehead atoms. The second-order valence-corrected chi connectivity index (χ2v) is 6.34. The first-order chi connectivity index (χ1) is 10.6. The van der Waals surface area contributed by atoms with E-state index in [0.717, 1.165) is 38.5 Å². The topological polar surface area (TPSA) is 60.2 Å². The smallest absolute Gasteiger partial charge is 0.270 e. The molecule has 0 aromatic heterocycles. The van der Waals surface area contributed by atoms with Gasteiger partial charge in [-0.15, -0.1) is 0 Å². The molecule has 0 aliphatic rings. The van der Waals surface area contributed by atoms with E-state index < -0.39 is 6.04 Å². The lowest BCUT2D eigenvalue weighted by molar-refractivity contribution is -0.508. The second kappa shape index (κ2) is 15.0. The van der Waals surface area contributed by atoms with Crippen molar-refractivity contribution < 1.29 is 9.72 Å². The summed E-state index contributed by atoms with van der Waals surface area (Å²) in [5.41, 5.74) is 0. The van der Waals surface area contributed by atoms with Gasteiger partial charge in [0.15, 0.2) is 0 Å². The Morgan fingerprint density at radius 2 is 1.27 bits per heavy atom. The van der Waals surface area contributed by atoms with Crippen LogP contribution in [0.3, 0.4) is 0 Å². The Bertz CT molecular complexity index is 292. The summed E-state index contributed by atoms with van der Waals surface area (Å²) in [5.74, 6) is -0.163. The summed E-state index contributed by atoms with van der Waals surface area (Å²) in [6.45, 7) is 4.28. The van der Waals surface area contributed by atoms with Gasteiger partial charge in [-0.2, -0.15) is 0 Å². The van der Waals surface area contributed by atoms with Crippen LogP contribution in [0.5, 0.6) is 0 Å². The first-order valence-corrected chi connectivity index (χ1v) is 9.29. The van der Waals surface area contributed by atoms with E-state index >= 15 is 0 Å². The van der Waals surface area contributed by atoms with Crippen LogP contribution in [-0.2, 0) is 4.79 Å². The highest BCUT2D eigenvalue weighted by Crippen LogP contribution is 2.13. The standard InChI is InChI=1S/C18H35NO3/c1-3-5-7-8-9-10-11-12-14-16-18(20)17(19(21)22)15-13-6-4-2/h17H,3-16H2,1-2H3. The Balaban J connectivity index is 3.65. The third-order valence-corrected chi connectivity index (χ3v) is 4.23. The quantitative estimate of drug-likeness (QED) is 0.208. The number of carbonyl (C=O) groups excluding carboxylic acids is 1. The molecule has 130 valence electrons. The van der Waals surface area contributed by atoms with Gasteiger partial charge in [0.25, 0.3) is 6.04 Å². The molecule has 0 spiro atoms. The number of rotatable bonds is 16. The molecule has 0 aliphatic heterocycles. The zero-order valence-corrected chi connectivity index (χ0v) is 14.6. The normalized spacial score (nSPS) is 12.3. The average Bonchev–Trinajstić information content (AvgIpc) is 2.49. The maximum atomic E-state index is 11.9. The molecule has 1 atom stereocenters. The summed E-state index contributed by atoms with van der Waals surface area (Å²) in [7, 11) is 0. The average molecular weight is 313 g/mol. The van der Waals surface area contributed by atoms with Crippen molar-refractivity contribution in [1.82, 2.24) is 0 Å². The lowest BCUT2D eigenvalue weighted by Crippen LogP contribution is -2.29. The van der Waals surface area contributed by atoms with Gasteiger partial charge in [0.1, 0.15) is 0 Å². The fourth-order valence-corrected chi connectivity index (χ4v) is 2.75. The number of unbranched alkanes of at least 4 members (excludes halogenated alkanes) is 10. The van der Waals surface area contributed by atoms with Gasteiger partial charge in [-0.3, -0.25) is 14.9 Å². The molecule has 0 aromatic rings. The van der Waals surface area contributed by atoms with Crippen LogP contribution in [-0.4, -0.2) is 16.7 Å². The largest absolute Gasteiger partial charge is 0.292 e. The van der Waals surface area contributed by atoms with Gasteiger partial charge in [-0.25, -0.2) is 0 Å². The number of hydrogen-bond donors (Lipinski definition) is 0. The minimum atomic E-state index is -0.958. The first-order valence-electron chi connectivity index (χ1n) is 9.29. The van der Waals surface area contributed by atoms with E-state index in [9.17, 15) is 14.9 Å². The monoisotopic (exact) mass is 313 g/mol. The number of nitrogens with zero attached hydrogens (tertiary/aromatic N) is 1. The van der Waals surface area contributed by atoms with Crippen LogP contribution in [0.1, 0.15) is 104 Å². The van der Waals surface area contributed by atoms with Crippen molar-refractivity contribution in [3.63, 3.8) is 0 Å². The van der Waals surface area contributed by atoms with E-state index in [4.69, 9.17) is 0 Å². The van der Waals surface area contributed by atoms with E-state index in [-0.39, 0.29) is 10.7 Å². The van der Waals surface area contributed by atoms with Crippen LogP contribution < -0.4 is 0 Å². The SMILES string of the molecule is CCCCCCCCCCCC(=O)C(CCCCC)[N+](=O)[O-]. The molecular weight excluding hydrogens is 278 g/mol. The van der Waals surface area contributed by atoms with Crippen LogP contribution in [0.2, 0.25) is 0 Å². The Morgan fingerprint density at radius 3 is 1.77 bits per heavy atom. The van der Waals surface area contributed by atoms with Gasteiger partial charge >= 0.3 is 0 Å². The van der Waals surface area contributed by atoms with Gasteiger partial charge in [0.05, 0.1) is 0 Å². The zero-order valence-electron chi connectivity index (χ0n) is 14.6. The Labute approximate surface area is 136 Å². The number of ketones is 1. The van der Waals surface area contributed by atoms with E-state index in [2.05, 4.69) is 13.8 Å². The molecule has 4 nitrogen and oxygen atoms in total. The highest BCUT2D eigenvalue weighted by Gasteiger charge is 2.27. The van der Waals surface area contributed by atoms with E-state index in [1.54, 1.807) is 0 Å². The van der Waals surface area contributed by atoms with Gasteiger partial charge in [-0.1, -0.05) is 78.1 Å². The number of nitro groups is 1. The van der Waals surface area contributed by atoms with Crippen molar-refractivity contribution in [2.24, 2.45) is 0 Å². The fourth-order valence-electron chi connectivity index (χ4n) is 2.75. The molecule has 0 saturated carbocycles. The molecule has 0 aromatic carbocycles. The van der Waals surface area contributed by atoms with Crippen molar-refractivity contribution in [3.8, 4) is 0 Å². The summed E-state index contributed by atoms with van der Waals surface area (Å²) in [4.78, 5) is 22.5. The van der Waals surface area contributed by atoms with Crippen LogP contribution in [0.25, 0.3) is 0 Å². The Hall–Kier alpha value is -0.930. The van der Waals surface area contributed by atoms with Gasteiger partial charge in [0, 0.05) is 17.8 Å². The third kappa shape index (κ3) is 11.7. The number of Topliss-reactive ketones (excluding diaryl/α,β-unsaturated/α-hetero) is 1. The van der Waals surface area contributed by atoms with E-state index in [1.165, 1.54) is 38.5 Å². The van der Waals surface area contributed by atoms with E-state index in [0.29, 0.717) is 12.8 Å². The number of hydrogen-bond acceptors (Lipinski definition) is 3. The molecule has 0 fully saturated rings. The Kier molecular flexibility index (Phi) is 14.4. The summed E-state index contributed by atoms with van der Waals surface area (Å²) < 4.78 is 0. The predicted octanol–water partition coefficient (Wildman–Crippen LogP) is 5.70. The van der Waals surface area contributed by atoms with Crippen molar-refractivity contribution in [2.45, 2.75) is 110 Å². The molecule has 0 heterocycles. The minimum Gasteiger partial charge on any atom is -0.292 e. The first kappa shape index (κ1) is 21.1. The summed E-state index contributed by atoms with van der Waals surface area (Å²) >= 11 is 0. The van der Waals surface area contributed by atoms with Crippen molar-refractivity contribution >= 4 is 5.78 Å². The lowest BCUT2D eigenvalue weighted by Gasteiger charge is -2.08. The molecule has 0 aliphatic carbocycles. The molecule has 0 N–H and O–H groups in total. The zero-order chi connectivity index (χ0) is 16.6. The highest BCUT2D eigenvalue weighted by molar-refractivity contribution is 5.82. The van der Waals surface area contributed by atoms with Crippen LogP contribution in [0, 0.1) is 10.1 Å². The molecule has 0 saturated heterocycles. The predicted molar refractivity (Wildman–Crippen MR) is 91.8 cm³/mol.